The molecule has 8 heteroatoms. The smallest absolute Gasteiger partial charge is 0.295 e. The number of imidazole rings is 1. The third-order valence-electron chi connectivity index (χ3n) is 4.89. The lowest BCUT2D eigenvalue weighted by Gasteiger charge is -2.17. The Labute approximate surface area is 163 Å². The highest BCUT2D eigenvalue weighted by Gasteiger charge is 2.38. The molecule has 1 aromatic carbocycles. The van der Waals surface area contributed by atoms with Crippen molar-refractivity contribution in [3.05, 3.63) is 84.5 Å². The van der Waals surface area contributed by atoms with Crippen LogP contribution in [0.3, 0.4) is 0 Å². The fourth-order valence-corrected chi connectivity index (χ4v) is 3.42. The van der Waals surface area contributed by atoms with Crippen molar-refractivity contribution in [3.63, 3.8) is 0 Å². The van der Waals surface area contributed by atoms with Crippen molar-refractivity contribution < 1.29 is 13.2 Å². The van der Waals surface area contributed by atoms with Crippen LogP contribution >= 0.6 is 0 Å². The molecule has 5 rings (SSSR count). The minimum Gasteiger partial charge on any atom is -0.295 e. The number of alkyl halides is 2. The molecule has 29 heavy (non-hydrogen) atoms. The Morgan fingerprint density at radius 3 is 2.62 bits per heavy atom. The van der Waals surface area contributed by atoms with Gasteiger partial charge in [-0.2, -0.15) is 13.9 Å². The Bertz CT molecular complexity index is 1370. The second-order valence-electron chi connectivity index (χ2n) is 6.80. The normalized spacial score (nSPS) is 12.1. The summed E-state index contributed by atoms with van der Waals surface area (Å²) < 4.78 is 48.1. The highest BCUT2D eigenvalue weighted by molar-refractivity contribution is 5.79. The summed E-state index contributed by atoms with van der Waals surface area (Å²) in [6.45, 7) is 0. The number of pyridine rings is 2. The summed E-state index contributed by atoms with van der Waals surface area (Å²) in [6, 6.07) is 8.94. The van der Waals surface area contributed by atoms with E-state index in [1.807, 2.05) is 0 Å². The summed E-state index contributed by atoms with van der Waals surface area (Å²) in [7, 11) is 1.73. The van der Waals surface area contributed by atoms with Crippen molar-refractivity contribution >= 4 is 16.6 Å². The molecule has 0 amide bonds. The average Bonchev–Trinajstić information content (AvgIpc) is 3.34. The molecule has 0 spiro atoms. The van der Waals surface area contributed by atoms with Crippen molar-refractivity contribution in [1.29, 1.82) is 0 Å². The van der Waals surface area contributed by atoms with Crippen molar-refractivity contribution in [2.45, 2.75) is 5.92 Å². The van der Waals surface area contributed by atoms with Gasteiger partial charge in [-0.1, -0.05) is 12.1 Å². The molecule has 0 saturated heterocycles. The fourth-order valence-electron chi connectivity index (χ4n) is 3.42. The Morgan fingerprint density at radius 2 is 1.83 bits per heavy atom. The van der Waals surface area contributed by atoms with Gasteiger partial charge >= 0.3 is 5.92 Å². The van der Waals surface area contributed by atoms with Gasteiger partial charge in [0.2, 0.25) is 0 Å². The maximum absolute atomic E-state index is 15.4. The fraction of sp³-hybridized carbons (Fsp3) is 0.0952. The first-order valence-corrected chi connectivity index (χ1v) is 8.83. The molecule has 0 saturated carbocycles. The van der Waals surface area contributed by atoms with Crippen LogP contribution in [-0.4, -0.2) is 24.1 Å². The molecule has 0 unspecified atom stereocenters. The molecule has 5 aromatic rings. The lowest BCUT2D eigenvalue weighted by Crippen LogP contribution is -2.18. The number of benzene rings is 1. The van der Waals surface area contributed by atoms with Gasteiger partial charge in [0.05, 0.1) is 17.9 Å². The summed E-state index contributed by atoms with van der Waals surface area (Å²) in [5.74, 6) is -4.07. The van der Waals surface area contributed by atoms with Crippen LogP contribution in [0.2, 0.25) is 0 Å². The van der Waals surface area contributed by atoms with Gasteiger partial charge in [-0.25, -0.2) is 9.37 Å². The molecule has 144 valence electrons. The van der Waals surface area contributed by atoms with E-state index in [1.54, 1.807) is 48.5 Å². The number of rotatable bonds is 3. The number of fused-ring (bicyclic) bond motifs is 2. The number of aromatic nitrogens is 5. The van der Waals surface area contributed by atoms with Crippen molar-refractivity contribution in [2.75, 3.05) is 0 Å². The van der Waals surface area contributed by atoms with Gasteiger partial charge in [0, 0.05) is 47.7 Å². The lowest BCUT2D eigenvalue weighted by molar-refractivity contribution is 0.0372. The van der Waals surface area contributed by atoms with Crippen LogP contribution in [0.15, 0.2) is 67.4 Å². The SMILES string of the molecule is Cn1cc(-c2cc(F)c3ncc(C(F)(F)c4ccc5ncccc5c4)n3c2)cn1. The molecule has 5 nitrogen and oxygen atoms in total. The molecule has 0 bridgehead atoms. The topological polar surface area (TPSA) is 48.0 Å². The standard InChI is InChI=1S/C21H14F3N5/c1-28-11-15(9-27-28)14-8-17(22)20-26-10-19(29(20)12-14)21(23,24)16-4-5-18-13(7-16)3-2-6-25-18/h2-12H,1H3. The predicted octanol–water partition coefficient (Wildman–Crippen LogP) is 4.56. The van der Waals surface area contributed by atoms with E-state index in [0.717, 1.165) is 10.6 Å². The van der Waals surface area contributed by atoms with E-state index in [4.69, 9.17) is 0 Å². The summed E-state index contributed by atoms with van der Waals surface area (Å²) in [5, 5.41) is 4.65. The van der Waals surface area contributed by atoms with E-state index >= 15 is 8.78 Å². The molecule has 0 N–H and O–H groups in total. The van der Waals surface area contributed by atoms with Gasteiger partial charge in [0.1, 0.15) is 5.69 Å². The Kier molecular flexibility index (Phi) is 3.70. The molecular formula is C21H14F3N5. The van der Waals surface area contributed by atoms with E-state index in [0.29, 0.717) is 22.0 Å². The van der Waals surface area contributed by atoms with E-state index in [9.17, 15) is 4.39 Å². The van der Waals surface area contributed by atoms with Crippen LogP contribution in [0.25, 0.3) is 27.7 Å². The van der Waals surface area contributed by atoms with Gasteiger partial charge in [0.25, 0.3) is 0 Å². The molecule has 0 aliphatic carbocycles. The Hall–Kier alpha value is -3.68. The van der Waals surface area contributed by atoms with Crippen LogP contribution in [0.5, 0.6) is 0 Å². The minimum atomic E-state index is -3.39. The van der Waals surface area contributed by atoms with E-state index in [2.05, 4.69) is 15.1 Å². The third kappa shape index (κ3) is 2.75. The van der Waals surface area contributed by atoms with Gasteiger partial charge in [-0.3, -0.25) is 14.1 Å². The number of hydrogen-bond donors (Lipinski definition) is 0. The van der Waals surface area contributed by atoms with Gasteiger partial charge in [-0.05, 0) is 24.3 Å². The van der Waals surface area contributed by atoms with Crippen molar-refractivity contribution in [2.24, 2.45) is 7.05 Å². The number of halogens is 3. The van der Waals surface area contributed by atoms with Crippen LogP contribution in [0.4, 0.5) is 13.2 Å². The molecule has 0 aliphatic heterocycles. The zero-order valence-corrected chi connectivity index (χ0v) is 15.2. The van der Waals surface area contributed by atoms with Gasteiger partial charge < -0.3 is 0 Å². The Balaban J connectivity index is 1.69. The van der Waals surface area contributed by atoms with Gasteiger partial charge in [-0.15, -0.1) is 0 Å². The first-order chi connectivity index (χ1) is 13.9. The van der Waals surface area contributed by atoms with Crippen molar-refractivity contribution in [1.82, 2.24) is 24.1 Å². The summed E-state index contributed by atoms with van der Waals surface area (Å²) >= 11 is 0. The number of hydrogen-bond acceptors (Lipinski definition) is 3. The predicted molar refractivity (Wildman–Crippen MR) is 102 cm³/mol. The van der Waals surface area contributed by atoms with E-state index < -0.39 is 17.4 Å². The van der Waals surface area contributed by atoms with E-state index in [1.165, 1.54) is 24.4 Å². The number of aryl methyl sites for hydroxylation is 1. The van der Waals surface area contributed by atoms with Crippen LogP contribution in [0.1, 0.15) is 11.3 Å². The molecular weight excluding hydrogens is 379 g/mol. The van der Waals surface area contributed by atoms with Gasteiger partial charge in [0.15, 0.2) is 11.5 Å². The first-order valence-electron chi connectivity index (χ1n) is 8.83. The van der Waals surface area contributed by atoms with Crippen LogP contribution in [0, 0.1) is 5.82 Å². The second-order valence-corrected chi connectivity index (χ2v) is 6.80. The largest absolute Gasteiger partial charge is 0.314 e. The van der Waals surface area contributed by atoms with E-state index in [-0.39, 0.29) is 11.2 Å². The maximum Gasteiger partial charge on any atom is 0.314 e. The first kappa shape index (κ1) is 17.4. The van der Waals surface area contributed by atoms with Crippen LogP contribution < -0.4 is 0 Å². The Morgan fingerprint density at radius 1 is 0.966 bits per heavy atom. The lowest BCUT2D eigenvalue weighted by atomic mass is 10.0. The average molecular weight is 393 g/mol. The summed E-state index contributed by atoms with van der Waals surface area (Å²) in [4.78, 5) is 8.04. The third-order valence-corrected chi connectivity index (χ3v) is 4.89. The quantitative estimate of drug-likeness (QED) is 0.451. The molecule has 0 aliphatic rings. The molecule has 4 heterocycles. The maximum atomic E-state index is 15.4. The molecule has 0 fully saturated rings. The second kappa shape index (κ2) is 6.16. The zero-order chi connectivity index (χ0) is 20.2. The highest BCUT2D eigenvalue weighted by atomic mass is 19.3. The summed E-state index contributed by atoms with van der Waals surface area (Å²) in [6.07, 6.45) is 7.30. The van der Waals surface area contributed by atoms with Crippen LogP contribution in [-0.2, 0) is 13.0 Å². The number of nitrogens with zero attached hydrogens (tertiary/aromatic N) is 5. The molecule has 0 radical (unpaired) electrons. The minimum absolute atomic E-state index is 0.158. The zero-order valence-electron chi connectivity index (χ0n) is 15.2. The summed E-state index contributed by atoms with van der Waals surface area (Å²) in [5.41, 5.74) is 0.881. The molecule has 4 aromatic heterocycles. The highest BCUT2D eigenvalue weighted by Crippen LogP contribution is 2.38. The molecule has 0 atom stereocenters. The van der Waals surface area contributed by atoms with Crippen molar-refractivity contribution in [3.8, 4) is 11.1 Å². The monoisotopic (exact) mass is 393 g/mol.